The highest BCUT2D eigenvalue weighted by molar-refractivity contribution is 5.95. The highest BCUT2D eigenvalue weighted by Crippen LogP contribution is 2.75. The molecule has 5 fully saturated rings. The number of likely N-dealkylation sites (tertiary alicyclic amines) is 1. The van der Waals surface area contributed by atoms with Crippen molar-refractivity contribution in [1.82, 2.24) is 4.90 Å². The van der Waals surface area contributed by atoms with E-state index >= 15 is 0 Å². The van der Waals surface area contributed by atoms with Crippen molar-refractivity contribution < 1.29 is 19.1 Å². The highest BCUT2D eigenvalue weighted by atomic mass is 16.5. The van der Waals surface area contributed by atoms with E-state index in [1.807, 2.05) is 0 Å². The summed E-state index contributed by atoms with van der Waals surface area (Å²) in [5.41, 5.74) is 0.720. The zero-order chi connectivity index (χ0) is 31.2. The van der Waals surface area contributed by atoms with Gasteiger partial charge in [0.1, 0.15) is 6.10 Å². The Morgan fingerprint density at radius 1 is 0.837 bits per heavy atom. The second-order valence-electron chi connectivity index (χ2n) is 17.9. The van der Waals surface area contributed by atoms with Gasteiger partial charge in [0, 0.05) is 36.8 Å². The molecule has 4 saturated carbocycles. The summed E-state index contributed by atoms with van der Waals surface area (Å²) in [6, 6.07) is 0. The lowest BCUT2D eigenvalue weighted by Crippen LogP contribution is -2.66. The third kappa shape index (κ3) is 4.46. The van der Waals surface area contributed by atoms with E-state index in [1.165, 1.54) is 31.8 Å². The molecule has 9 atom stereocenters. The van der Waals surface area contributed by atoms with Gasteiger partial charge in [0.05, 0.1) is 0 Å². The molecule has 5 nitrogen and oxygen atoms in total. The van der Waals surface area contributed by atoms with Crippen LogP contribution in [0.2, 0.25) is 0 Å². The van der Waals surface area contributed by atoms with Gasteiger partial charge in [-0.15, -0.1) is 0 Å². The maximum Gasteiger partial charge on any atom is 0.302 e. The van der Waals surface area contributed by atoms with Crippen LogP contribution in [0.1, 0.15) is 139 Å². The summed E-state index contributed by atoms with van der Waals surface area (Å²) in [7, 11) is 0. The number of hydrogen-bond donors (Lipinski definition) is 0. The zero-order valence-electron chi connectivity index (χ0n) is 28.6. The van der Waals surface area contributed by atoms with Crippen LogP contribution in [-0.4, -0.2) is 41.8 Å². The van der Waals surface area contributed by atoms with Crippen LogP contribution in [0.25, 0.3) is 0 Å². The average molecular weight is 594 g/mol. The first-order chi connectivity index (χ1) is 20.0. The second kappa shape index (κ2) is 10.2. The van der Waals surface area contributed by atoms with E-state index < -0.39 is 0 Å². The van der Waals surface area contributed by atoms with Gasteiger partial charge in [0.15, 0.2) is 5.78 Å². The van der Waals surface area contributed by atoms with Crippen molar-refractivity contribution in [3.8, 4) is 0 Å². The van der Waals surface area contributed by atoms with E-state index in [-0.39, 0.29) is 56.4 Å². The molecule has 1 saturated heterocycles. The first-order valence-electron chi connectivity index (χ1n) is 17.7. The second-order valence-corrected chi connectivity index (χ2v) is 17.9. The van der Waals surface area contributed by atoms with Crippen LogP contribution in [0, 0.1) is 50.2 Å². The minimum absolute atomic E-state index is 0.0249. The van der Waals surface area contributed by atoms with Gasteiger partial charge in [-0.05, 0) is 110 Å². The van der Waals surface area contributed by atoms with Crippen LogP contribution >= 0.6 is 0 Å². The van der Waals surface area contributed by atoms with Crippen molar-refractivity contribution in [2.45, 2.75) is 145 Å². The molecule has 1 amide bonds. The molecular weight excluding hydrogens is 534 g/mol. The minimum atomic E-state index is -0.350. The van der Waals surface area contributed by atoms with E-state index in [9.17, 15) is 14.4 Å². The summed E-state index contributed by atoms with van der Waals surface area (Å²) in [6.45, 7) is 20.0. The number of allylic oxidation sites excluding steroid dienone is 2. The lowest BCUT2D eigenvalue weighted by atomic mass is 9.33. The molecule has 1 aliphatic heterocycles. The molecule has 43 heavy (non-hydrogen) atoms. The van der Waals surface area contributed by atoms with Crippen LogP contribution < -0.4 is 0 Å². The number of nitrogens with zero attached hydrogens (tertiary/aromatic N) is 1. The van der Waals surface area contributed by atoms with Gasteiger partial charge < -0.3 is 9.64 Å². The molecule has 0 spiro atoms. The molecule has 0 aromatic carbocycles. The largest absolute Gasteiger partial charge is 0.462 e. The molecule has 5 aliphatic carbocycles. The van der Waals surface area contributed by atoms with E-state index in [0.29, 0.717) is 17.6 Å². The number of esters is 1. The van der Waals surface area contributed by atoms with Crippen molar-refractivity contribution in [2.75, 3.05) is 13.1 Å². The van der Waals surface area contributed by atoms with Gasteiger partial charge in [-0.2, -0.15) is 0 Å². The Morgan fingerprint density at radius 3 is 2.14 bits per heavy atom. The number of ether oxygens (including phenoxy) is 1. The Kier molecular flexibility index (Phi) is 7.42. The molecule has 0 N–H and O–H groups in total. The van der Waals surface area contributed by atoms with Gasteiger partial charge in [-0.25, -0.2) is 0 Å². The maximum absolute atomic E-state index is 14.7. The van der Waals surface area contributed by atoms with Crippen LogP contribution in [-0.2, 0) is 19.1 Å². The highest BCUT2D eigenvalue weighted by Gasteiger charge is 2.70. The molecule has 0 aromatic heterocycles. The van der Waals surface area contributed by atoms with Gasteiger partial charge in [-0.1, -0.05) is 66.9 Å². The molecule has 0 unspecified atom stereocenters. The van der Waals surface area contributed by atoms with Crippen LogP contribution in [0.4, 0.5) is 0 Å². The number of fused-ring (bicyclic) bond motifs is 7. The Hall–Kier alpha value is -1.65. The monoisotopic (exact) mass is 593 g/mol. The minimum Gasteiger partial charge on any atom is -0.462 e. The standard InChI is InChI=1S/C38H59NO4/c1-25(40)43-30-14-15-36(6)29(33(30,2)3)13-16-38(8)31(36)28(41)23-26-27-24-35(5,32(42)39-21-11-9-10-12-22-39)18-17-34(27,4)19-20-37(26,38)7/h23,27,29-31H,9-22,24H2,1-8H3/t27-,29-,30-,31-,34-,35+,36+,37+,38-/m1/s1. The Morgan fingerprint density at radius 2 is 1.49 bits per heavy atom. The molecule has 6 aliphatic rings. The first-order valence-corrected chi connectivity index (χ1v) is 17.7. The van der Waals surface area contributed by atoms with Crippen molar-refractivity contribution in [1.29, 1.82) is 0 Å². The summed E-state index contributed by atoms with van der Waals surface area (Å²) in [5.74, 6) is 1.09. The van der Waals surface area contributed by atoms with E-state index in [2.05, 4.69) is 59.4 Å². The van der Waals surface area contributed by atoms with E-state index in [0.717, 1.165) is 77.3 Å². The summed E-state index contributed by atoms with van der Waals surface area (Å²) in [4.78, 5) is 43.0. The summed E-state index contributed by atoms with van der Waals surface area (Å²) < 4.78 is 5.89. The first kappa shape index (κ1) is 31.3. The van der Waals surface area contributed by atoms with Gasteiger partial charge in [0.25, 0.3) is 0 Å². The maximum atomic E-state index is 14.7. The van der Waals surface area contributed by atoms with Crippen LogP contribution in [0.15, 0.2) is 11.6 Å². The fourth-order valence-electron chi connectivity index (χ4n) is 12.4. The van der Waals surface area contributed by atoms with Crippen LogP contribution in [0.3, 0.4) is 0 Å². The van der Waals surface area contributed by atoms with Gasteiger partial charge >= 0.3 is 5.97 Å². The molecule has 0 bridgehead atoms. The molecular formula is C38H59NO4. The third-order valence-electron chi connectivity index (χ3n) is 15.2. The van der Waals surface area contributed by atoms with Crippen molar-refractivity contribution in [3.63, 3.8) is 0 Å². The molecule has 1 heterocycles. The molecule has 5 heteroatoms. The lowest BCUT2D eigenvalue weighted by Gasteiger charge is -2.70. The number of rotatable bonds is 2. The number of hydrogen-bond acceptors (Lipinski definition) is 4. The van der Waals surface area contributed by atoms with Gasteiger partial charge in [-0.3, -0.25) is 14.4 Å². The Labute approximate surface area is 261 Å². The van der Waals surface area contributed by atoms with Crippen LogP contribution in [0.5, 0.6) is 0 Å². The van der Waals surface area contributed by atoms with Crippen molar-refractivity contribution >= 4 is 17.7 Å². The molecule has 0 aromatic rings. The number of carbonyl (C=O) groups is 3. The normalized spacial score (nSPS) is 47.6. The molecule has 0 radical (unpaired) electrons. The fraction of sp³-hybridized carbons (Fsp3) is 0.868. The smallest absolute Gasteiger partial charge is 0.302 e. The van der Waals surface area contributed by atoms with Crippen molar-refractivity contribution in [2.24, 2.45) is 50.2 Å². The Bertz CT molecular complexity index is 1210. The fourth-order valence-corrected chi connectivity index (χ4v) is 12.4. The number of carbonyl (C=O) groups excluding carboxylic acids is 3. The average Bonchev–Trinajstić information content (AvgIpc) is 3.21. The summed E-state index contributed by atoms with van der Waals surface area (Å²) >= 11 is 0. The Balaban J connectivity index is 1.36. The quantitative estimate of drug-likeness (QED) is 0.302. The number of ketones is 1. The van der Waals surface area contributed by atoms with E-state index in [1.54, 1.807) is 0 Å². The zero-order valence-corrected chi connectivity index (χ0v) is 28.6. The summed E-state index contributed by atoms with van der Waals surface area (Å²) in [6.07, 6.45) is 15.8. The molecule has 240 valence electrons. The number of amides is 1. The van der Waals surface area contributed by atoms with Gasteiger partial charge in [0.2, 0.25) is 5.91 Å². The predicted octanol–water partition coefficient (Wildman–Crippen LogP) is 8.30. The topological polar surface area (TPSA) is 63.7 Å². The van der Waals surface area contributed by atoms with Crippen molar-refractivity contribution in [3.05, 3.63) is 11.6 Å². The SMILES string of the molecule is CC(=O)O[C@@H]1CC[C@@]2(C)[C@H](CC[C@]3(C)[C@@H]2C(=O)C=C2[C@H]4C[C@@](C)(C(=O)N5CCCCCC5)CC[C@]4(C)CC[C@@]23C)C1(C)C. The lowest BCUT2D eigenvalue weighted by molar-refractivity contribution is -0.210. The van der Waals surface area contributed by atoms with E-state index in [4.69, 9.17) is 4.74 Å². The predicted molar refractivity (Wildman–Crippen MR) is 170 cm³/mol. The summed E-state index contributed by atoms with van der Waals surface area (Å²) in [5, 5.41) is 0. The third-order valence-corrected chi connectivity index (χ3v) is 15.2. The molecule has 6 rings (SSSR count).